The van der Waals surface area contributed by atoms with Gasteiger partial charge >= 0.3 is 0 Å². The van der Waals surface area contributed by atoms with Gasteiger partial charge in [0.15, 0.2) is 0 Å². The lowest BCUT2D eigenvalue weighted by molar-refractivity contribution is 0.414. The van der Waals surface area contributed by atoms with Crippen molar-refractivity contribution in [3.8, 4) is 28.3 Å². The zero-order valence-corrected chi connectivity index (χ0v) is 19.5. The molecule has 4 aromatic rings. The van der Waals surface area contributed by atoms with Gasteiger partial charge in [0, 0.05) is 20.1 Å². The lowest BCUT2D eigenvalue weighted by Gasteiger charge is -2.09. The second kappa shape index (κ2) is 8.74. The molecule has 0 aliphatic rings. The maximum atomic E-state index is 6.87. The highest BCUT2D eigenvalue weighted by atomic mass is 79.9. The maximum absolute atomic E-state index is 6.87. The molecule has 1 heterocycles. The number of nitrogens with zero attached hydrogens (tertiary/aromatic N) is 2. The van der Waals surface area contributed by atoms with Crippen LogP contribution in [-0.4, -0.2) is 16.9 Å². The van der Waals surface area contributed by atoms with E-state index in [-0.39, 0.29) is 0 Å². The molecule has 0 atom stereocenters. The van der Waals surface area contributed by atoms with Crippen molar-refractivity contribution in [2.45, 2.75) is 6.54 Å². The Kier molecular flexibility index (Phi) is 6.09. The van der Waals surface area contributed by atoms with Crippen LogP contribution in [0.5, 0.6) is 5.75 Å². The second-order valence-electron chi connectivity index (χ2n) is 6.53. The van der Waals surface area contributed by atoms with Crippen molar-refractivity contribution >= 4 is 43.5 Å². The lowest BCUT2D eigenvalue weighted by Crippen LogP contribution is -2.04. The average Bonchev–Trinajstić information content (AvgIpc) is 3.05. The molecular formula is C23H17Br2ClN2O. The van der Waals surface area contributed by atoms with Crippen molar-refractivity contribution in [3.05, 3.63) is 92.3 Å². The summed E-state index contributed by atoms with van der Waals surface area (Å²) in [6.45, 7) is 0.582. The first kappa shape index (κ1) is 20.2. The highest BCUT2D eigenvalue weighted by Crippen LogP contribution is 2.37. The third kappa shape index (κ3) is 4.42. The molecule has 0 unspecified atom stereocenters. The molecule has 0 bridgehead atoms. The molecule has 0 fully saturated rings. The molecule has 0 spiro atoms. The van der Waals surface area contributed by atoms with Crippen molar-refractivity contribution in [3.63, 3.8) is 0 Å². The SMILES string of the molecule is COc1cccc(Cn2nc(-c3ccc(Br)cc3)c(Cl)c2-c2ccc(Br)cc2)c1. The third-order valence-corrected chi connectivity index (χ3v) is 6.01. The summed E-state index contributed by atoms with van der Waals surface area (Å²) in [5, 5.41) is 5.51. The van der Waals surface area contributed by atoms with Gasteiger partial charge in [0.1, 0.15) is 11.4 Å². The van der Waals surface area contributed by atoms with Crippen molar-refractivity contribution in [2.75, 3.05) is 7.11 Å². The van der Waals surface area contributed by atoms with Gasteiger partial charge in [-0.25, -0.2) is 0 Å². The highest BCUT2D eigenvalue weighted by molar-refractivity contribution is 9.10. The number of hydrogen-bond acceptors (Lipinski definition) is 2. The van der Waals surface area contributed by atoms with Gasteiger partial charge in [-0.15, -0.1) is 0 Å². The van der Waals surface area contributed by atoms with E-state index in [0.717, 1.165) is 42.8 Å². The fourth-order valence-corrected chi connectivity index (χ4v) is 4.06. The molecule has 0 radical (unpaired) electrons. The first-order valence-electron chi connectivity index (χ1n) is 8.96. The van der Waals surface area contributed by atoms with E-state index in [1.54, 1.807) is 7.11 Å². The summed E-state index contributed by atoms with van der Waals surface area (Å²) in [7, 11) is 1.67. The Hall–Kier alpha value is -2.08. The number of benzene rings is 3. The van der Waals surface area contributed by atoms with E-state index in [1.165, 1.54) is 0 Å². The summed E-state index contributed by atoms with van der Waals surface area (Å²) in [4.78, 5) is 0. The van der Waals surface area contributed by atoms with Crippen LogP contribution in [0.15, 0.2) is 81.7 Å². The van der Waals surface area contributed by atoms with Crippen LogP contribution in [0.3, 0.4) is 0 Å². The number of methoxy groups -OCH3 is 1. The molecule has 0 saturated carbocycles. The van der Waals surface area contributed by atoms with Gasteiger partial charge in [-0.3, -0.25) is 4.68 Å². The fourth-order valence-electron chi connectivity index (χ4n) is 3.17. The molecule has 4 rings (SSSR count). The van der Waals surface area contributed by atoms with E-state index in [4.69, 9.17) is 21.4 Å². The molecule has 3 aromatic carbocycles. The van der Waals surface area contributed by atoms with Crippen molar-refractivity contribution in [1.82, 2.24) is 9.78 Å². The fraction of sp³-hybridized carbons (Fsp3) is 0.0870. The predicted molar refractivity (Wildman–Crippen MR) is 126 cm³/mol. The van der Waals surface area contributed by atoms with Crippen molar-refractivity contribution in [2.24, 2.45) is 0 Å². The van der Waals surface area contributed by atoms with E-state index in [9.17, 15) is 0 Å². The number of rotatable bonds is 5. The van der Waals surface area contributed by atoms with Crippen LogP contribution in [0.25, 0.3) is 22.5 Å². The number of hydrogen-bond donors (Lipinski definition) is 0. The van der Waals surface area contributed by atoms with Crippen LogP contribution in [0.4, 0.5) is 0 Å². The number of aromatic nitrogens is 2. The Bertz CT molecular complexity index is 1140. The molecular weight excluding hydrogens is 516 g/mol. The Morgan fingerprint density at radius 2 is 1.52 bits per heavy atom. The third-order valence-electron chi connectivity index (χ3n) is 4.60. The lowest BCUT2D eigenvalue weighted by atomic mass is 10.1. The normalized spacial score (nSPS) is 10.9. The summed E-state index contributed by atoms with van der Waals surface area (Å²) >= 11 is 13.9. The summed E-state index contributed by atoms with van der Waals surface area (Å²) < 4.78 is 9.35. The predicted octanol–water partition coefficient (Wildman–Crippen LogP) is 7.45. The van der Waals surface area contributed by atoms with E-state index < -0.39 is 0 Å². The molecule has 1 aromatic heterocycles. The first-order chi connectivity index (χ1) is 14.0. The maximum Gasteiger partial charge on any atom is 0.119 e. The molecule has 146 valence electrons. The van der Waals surface area contributed by atoms with E-state index >= 15 is 0 Å². The van der Waals surface area contributed by atoms with E-state index in [0.29, 0.717) is 11.6 Å². The monoisotopic (exact) mass is 530 g/mol. The van der Waals surface area contributed by atoms with Crippen LogP contribution in [-0.2, 0) is 6.54 Å². The van der Waals surface area contributed by atoms with Crippen LogP contribution >= 0.6 is 43.5 Å². The summed E-state index contributed by atoms with van der Waals surface area (Å²) in [5.41, 5.74) is 4.72. The molecule has 6 heteroatoms. The Balaban J connectivity index is 1.84. The molecule has 29 heavy (non-hydrogen) atoms. The molecule has 0 N–H and O–H groups in total. The first-order valence-corrected chi connectivity index (χ1v) is 10.9. The van der Waals surface area contributed by atoms with Crippen molar-refractivity contribution < 1.29 is 4.74 Å². The molecule has 0 aliphatic heterocycles. The largest absolute Gasteiger partial charge is 0.497 e. The van der Waals surface area contributed by atoms with Crippen molar-refractivity contribution in [1.29, 1.82) is 0 Å². The van der Waals surface area contributed by atoms with Crippen LogP contribution in [0, 0.1) is 0 Å². The van der Waals surface area contributed by atoms with Gasteiger partial charge in [0.2, 0.25) is 0 Å². The second-order valence-corrected chi connectivity index (χ2v) is 8.74. The van der Waals surface area contributed by atoms with Crippen LogP contribution in [0.1, 0.15) is 5.56 Å². The smallest absolute Gasteiger partial charge is 0.119 e. The molecule has 0 saturated heterocycles. The van der Waals surface area contributed by atoms with Gasteiger partial charge in [-0.05, 0) is 42.0 Å². The molecule has 0 aliphatic carbocycles. The number of ether oxygens (including phenoxy) is 1. The average molecular weight is 533 g/mol. The minimum atomic E-state index is 0.582. The zero-order chi connectivity index (χ0) is 20.4. The van der Waals surface area contributed by atoms with Crippen LogP contribution in [0.2, 0.25) is 5.02 Å². The van der Waals surface area contributed by atoms with Gasteiger partial charge in [-0.2, -0.15) is 5.10 Å². The zero-order valence-electron chi connectivity index (χ0n) is 15.6. The minimum Gasteiger partial charge on any atom is -0.497 e. The van der Waals surface area contributed by atoms with Gasteiger partial charge in [0.25, 0.3) is 0 Å². The highest BCUT2D eigenvalue weighted by Gasteiger charge is 2.19. The van der Waals surface area contributed by atoms with Gasteiger partial charge in [-0.1, -0.05) is 79.9 Å². The summed E-state index contributed by atoms with van der Waals surface area (Å²) in [6.07, 6.45) is 0. The quantitative estimate of drug-likeness (QED) is 0.267. The molecule has 0 amide bonds. The minimum absolute atomic E-state index is 0.582. The molecule has 3 nitrogen and oxygen atoms in total. The summed E-state index contributed by atoms with van der Waals surface area (Å²) in [5.74, 6) is 0.819. The number of halogens is 3. The van der Waals surface area contributed by atoms with E-state index in [1.807, 2.05) is 71.4 Å². The van der Waals surface area contributed by atoms with Gasteiger partial charge in [0.05, 0.1) is 24.4 Å². The topological polar surface area (TPSA) is 27.1 Å². The van der Waals surface area contributed by atoms with Gasteiger partial charge < -0.3 is 4.74 Å². The van der Waals surface area contributed by atoms with Crippen LogP contribution < -0.4 is 4.74 Å². The standard InChI is InChI=1S/C23H17Br2ClN2O/c1-29-20-4-2-3-15(13-20)14-28-23(17-7-11-19(25)12-8-17)21(26)22(27-28)16-5-9-18(24)10-6-16/h2-13H,14H2,1H3. The summed E-state index contributed by atoms with van der Waals surface area (Å²) in [6, 6.07) is 24.1. The Labute approximate surface area is 191 Å². The Morgan fingerprint density at radius 3 is 2.14 bits per heavy atom. The van der Waals surface area contributed by atoms with E-state index in [2.05, 4.69) is 37.9 Å². The Morgan fingerprint density at radius 1 is 0.897 bits per heavy atom.